The Morgan fingerprint density at radius 1 is 1.32 bits per heavy atom. The van der Waals surface area contributed by atoms with Crippen LogP contribution in [0.5, 0.6) is 11.5 Å². The van der Waals surface area contributed by atoms with Gasteiger partial charge in [0, 0.05) is 11.3 Å². The Morgan fingerprint density at radius 2 is 2.05 bits per heavy atom. The second kappa shape index (κ2) is 6.51. The average Bonchev–Trinajstić information content (AvgIpc) is 2.46. The van der Waals surface area contributed by atoms with Crippen LogP contribution in [0.15, 0.2) is 29.5 Å². The highest BCUT2D eigenvalue weighted by Gasteiger charge is 2.29. The second-order valence-corrected chi connectivity index (χ2v) is 4.97. The zero-order valence-corrected chi connectivity index (χ0v) is 13.1. The van der Waals surface area contributed by atoms with Crippen molar-refractivity contribution < 1.29 is 19.1 Å². The molecule has 2 rings (SSSR count). The first-order chi connectivity index (χ1) is 10.5. The number of Topliss-reactive ketones (excluding diaryl/α,β-unsaturated/α-hetero) is 1. The van der Waals surface area contributed by atoms with E-state index in [1.807, 2.05) is 13.0 Å². The van der Waals surface area contributed by atoms with Crippen molar-refractivity contribution in [1.82, 2.24) is 10.6 Å². The first-order valence-corrected chi connectivity index (χ1v) is 7.07. The molecular weight excluding hydrogens is 284 g/mol. The normalized spacial score (nSPS) is 17.6. The van der Waals surface area contributed by atoms with Gasteiger partial charge in [-0.2, -0.15) is 0 Å². The number of ether oxygens (including phenoxy) is 2. The number of amides is 2. The Bertz CT molecular complexity index is 637. The summed E-state index contributed by atoms with van der Waals surface area (Å²) in [6.07, 6.45) is 0. The molecule has 6 nitrogen and oxygen atoms in total. The van der Waals surface area contributed by atoms with Crippen molar-refractivity contribution in [3.8, 4) is 11.5 Å². The van der Waals surface area contributed by atoms with E-state index in [1.165, 1.54) is 6.92 Å². The van der Waals surface area contributed by atoms with E-state index < -0.39 is 6.04 Å². The molecule has 1 unspecified atom stereocenters. The number of carbonyl (C=O) groups is 2. The molecule has 2 amide bonds. The molecule has 1 aromatic rings. The number of hydrogen-bond donors (Lipinski definition) is 2. The number of urea groups is 1. The fourth-order valence-electron chi connectivity index (χ4n) is 2.55. The van der Waals surface area contributed by atoms with Gasteiger partial charge in [0.15, 0.2) is 17.3 Å². The highest BCUT2D eigenvalue weighted by atomic mass is 16.5. The maximum atomic E-state index is 11.9. The second-order valence-electron chi connectivity index (χ2n) is 4.97. The van der Waals surface area contributed by atoms with Crippen LogP contribution in [0.2, 0.25) is 0 Å². The third kappa shape index (κ3) is 3.05. The Morgan fingerprint density at radius 3 is 2.64 bits per heavy atom. The summed E-state index contributed by atoms with van der Waals surface area (Å²) in [5.74, 6) is 1.09. The van der Waals surface area contributed by atoms with Gasteiger partial charge >= 0.3 is 6.03 Å². The van der Waals surface area contributed by atoms with Gasteiger partial charge in [-0.3, -0.25) is 4.79 Å². The SMILES string of the molecule is CCOc1ccc(C2NC(=O)NC(C)=C2C(C)=O)cc1OC. The smallest absolute Gasteiger partial charge is 0.319 e. The number of allylic oxidation sites excluding steroid dienone is 1. The summed E-state index contributed by atoms with van der Waals surface area (Å²) in [7, 11) is 1.55. The lowest BCUT2D eigenvalue weighted by atomic mass is 9.93. The summed E-state index contributed by atoms with van der Waals surface area (Å²) in [6, 6.07) is 4.53. The Kier molecular flexibility index (Phi) is 4.70. The molecule has 1 aliphatic rings. The molecular formula is C16H20N2O4. The molecule has 0 spiro atoms. The van der Waals surface area contributed by atoms with E-state index >= 15 is 0 Å². The van der Waals surface area contributed by atoms with E-state index in [9.17, 15) is 9.59 Å². The molecule has 0 aliphatic carbocycles. The van der Waals surface area contributed by atoms with Crippen LogP contribution in [0, 0.1) is 0 Å². The summed E-state index contributed by atoms with van der Waals surface area (Å²) < 4.78 is 10.8. The molecule has 0 saturated heterocycles. The predicted molar refractivity (Wildman–Crippen MR) is 82.0 cm³/mol. The molecule has 6 heteroatoms. The van der Waals surface area contributed by atoms with E-state index in [-0.39, 0.29) is 11.8 Å². The molecule has 1 heterocycles. The van der Waals surface area contributed by atoms with E-state index in [1.54, 1.807) is 26.2 Å². The van der Waals surface area contributed by atoms with Gasteiger partial charge in [0.1, 0.15) is 0 Å². The van der Waals surface area contributed by atoms with Crippen LogP contribution in [0.4, 0.5) is 4.79 Å². The highest BCUT2D eigenvalue weighted by molar-refractivity contribution is 5.98. The monoisotopic (exact) mass is 304 g/mol. The maximum Gasteiger partial charge on any atom is 0.319 e. The number of hydrogen-bond acceptors (Lipinski definition) is 4. The molecule has 1 aliphatic heterocycles. The van der Waals surface area contributed by atoms with Gasteiger partial charge in [-0.1, -0.05) is 6.07 Å². The van der Waals surface area contributed by atoms with Crippen LogP contribution < -0.4 is 20.1 Å². The topological polar surface area (TPSA) is 76.7 Å². The Hall–Kier alpha value is -2.50. The molecule has 0 radical (unpaired) electrons. The first-order valence-electron chi connectivity index (χ1n) is 7.07. The molecule has 2 N–H and O–H groups in total. The number of ketones is 1. The fourth-order valence-corrected chi connectivity index (χ4v) is 2.55. The third-order valence-corrected chi connectivity index (χ3v) is 3.47. The molecule has 118 valence electrons. The summed E-state index contributed by atoms with van der Waals surface area (Å²) in [4.78, 5) is 23.6. The van der Waals surface area contributed by atoms with Crippen molar-refractivity contribution >= 4 is 11.8 Å². The van der Waals surface area contributed by atoms with E-state index in [4.69, 9.17) is 9.47 Å². The lowest BCUT2D eigenvalue weighted by Crippen LogP contribution is -2.44. The Balaban J connectivity index is 2.47. The minimum absolute atomic E-state index is 0.0946. The summed E-state index contributed by atoms with van der Waals surface area (Å²) in [5, 5.41) is 5.40. The van der Waals surface area contributed by atoms with Crippen LogP contribution in [0.25, 0.3) is 0 Å². The largest absolute Gasteiger partial charge is 0.493 e. The number of nitrogens with one attached hydrogen (secondary N) is 2. The van der Waals surface area contributed by atoms with E-state index in [0.717, 1.165) is 5.56 Å². The molecule has 0 bridgehead atoms. The van der Waals surface area contributed by atoms with Crippen molar-refractivity contribution in [2.75, 3.05) is 13.7 Å². The first kappa shape index (κ1) is 15.9. The molecule has 1 atom stereocenters. The van der Waals surface area contributed by atoms with Crippen LogP contribution >= 0.6 is 0 Å². The van der Waals surface area contributed by atoms with Crippen LogP contribution in [-0.2, 0) is 4.79 Å². The van der Waals surface area contributed by atoms with Gasteiger partial charge in [-0.15, -0.1) is 0 Å². The van der Waals surface area contributed by atoms with Crippen molar-refractivity contribution in [2.24, 2.45) is 0 Å². The minimum atomic E-state index is -0.504. The van der Waals surface area contributed by atoms with Crippen molar-refractivity contribution in [3.05, 3.63) is 35.0 Å². The van der Waals surface area contributed by atoms with Gasteiger partial charge in [-0.05, 0) is 38.5 Å². The zero-order chi connectivity index (χ0) is 16.3. The number of rotatable bonds is 5. The summed E-state index contributed by atoms with van der Waals surface area (Å²) >= 11 is 0. The van der Waals surface area contributed by atoms with Crippen molar-refractivity contribution in [1.29, 1.82) is 0 Å². The lowest BCUT2D eigenvalue weighted by Gasteiger charge is -2.28. The number of carbonyl (C=O) groups excluding carboxylic acids is 2. The van der Waals surface area contributed by atoms with E-state index in [0.29, 0.717) is 29.4 Å². The van der Waals surface area contributed by atoms with Crippen LogP contribution in [0.3, 0.4) is 0 Å². The van der Waals surface area contributed by atoms with Crippen LogP contribution in [-0.4, -0.2) is 25.5 Å². The van der Waals surface area contributed by atoms with Gasteiger partial charge in [0.25, 0.3) is 0 Å². The molecule has 22 heavy (non-hydrogen) atoms. The van der Waals surface area contributed by atoms with Crippen molar-refractivity contribution in [3.63, 3.8) is 0 Å². The molecule has 0 aromatic heterocycles. The van der Waals surface area contributed by atoms with Gasteiger partial charge in [0.05, 0.1) is 19.8 Å². The van der Waals surface area contributed by atoms with Gasteiger partial charge in [0.2, 0.25) is 0 Å². The van der Waals surface area contributed by atoms with E-state index in [2.05, 4.69) is 10.6 Å². The minimum Gasteiger partial charge on any atom is -0.493 e. The maximum absolute atomic E-state index is 11.9. The quantitative estimate of drug-likeness (QED) is 0.875. The van der Waals surface area contributed by atoms with Gasteiger partial charge < -0.3 is 20.1 Å². The lowest BCUT2D eigenvalue weighted by molar-refractivity contribution is -0.114. The highest BCUT2D eigenvalue weighted by Crippen LogP contribution is 2.34. The third-order valence-electron chi connectivity index (χ3n) is 3.47. The zero-order valence-electron chi connectivity index (χ0n) is 13.1. The van der Waals surface area contributed by atoms with Crippen LogP contribution in [0.1, 0.15) is 32.4 Å². The Labute approximate surface area is 129 Å². The van der Waals surface area contributed by atoms with Gasteiger partial charge in [-0.25, -0.2) is 4.79 Å². The summed E-state index contributed by atoms with van der Waals surface area (Å²) in [6.45, 7) is 5.61. The molecule has 1 aromatic carbocycles. The average molecular weight is 304 g/mol. The summed E-state index contributed by atoms with van der Waals surface area (Å²) in [5.41, 5.74) is 1.86. The molecule has 0 fully saturated rings. The molecule has 0 saturated carbocycles. The standard InChI is InChI=1S/C16H20N2O4/c1-5-22-12-7-6-11(8-13(12)21-4)15-14(10(3)19)9(2)17-16(20)18-15/h6-8,15H,5H2,1-4H3,(H2,17,18,20). The number of benzene rings is 1. The number of methoxy groups -OCH3 is 1. The van der Waals surface area contributed by atoms with Crippen molar-refractivity contribution in [2.45, 2.75) is 26.8 Å². The predicted octanol–water partition coefficient (Wildman–Crippen LogP) is 2.31. The fraction of sp³-hybridized carbons (Fsp3) is 0.375.